The number of likely N-dealkylation sites (tertiary alicyclic amines) is 1. The molecule has 4 nitrogen and oxygen atoms in total. The van der Waals surface area contributed by atoms with Crippen molar-refractivity contribution in [3.8, 4) is 12.3 Å². The van der Waals surface area contributed by atoms with Gasteiger partial charge in [-0.1, -0.05) is 5.92 Å². The maximum atomic E-state index is 12.3. The predicted octanol–water partition coefficient (Wildman–Crippen LogP) is 1.36. The Kier molecular flexibility index (Phi) is 6.33. The van der Waals surface area contributed by atoms with Crippen LogP contribution in [0.3, 0.4) is 0 Å². The maximum Gasteiger partial charge on any atom is 0.239 e. The van der Waals surface area contributed by atoms with Crippen LogP contribution in [0.25, 0.3) is 0 Å². The molecule has 1 atom stereocenters. The highest BCUT2D eigenvalue weighted by Crippen LogP contribution is 2.17. The van der Waals surface area contributed by atoms with E-state index in [9.17, 15) is 4.79 Å². The van der Waals surface area contributed by atoms with Crippen LogP contribution in [0.1, 0.15) is 33.6 Å². The van der Waals surface area contributed by atoms with Crippen LogP contribution in [0.5, 0.6) is 0 Å². The average molecular weight is 266 g/mol. The summed E-state index contributed by atoms with van der Waals surface area (Å²) in [5.41, 5.74) is 0. The molecule has 1 aliphatic heterocycles. The molecule has 0 aliphatic carbocycles. The van der Waals surface area contributed by atoms with Gasteiger partial charge in [-0.05, 0) is 33.6 Å². The summed E-state index contributed by atoms with van der Waals surface area (Å²) in [4.78, 5) is 16.3. The topological polar surface area (TPSA) is 32.8 Å². The second-order valence-corrected chi connectivity index (χ2v) is 5.47. The number of amides is 1. The van der Waals surface area contributed by atoms with Gasteiger partial charge in [-0.3, -0.25) is 9.69 Å². The number of nitrogens with zero attached hydrogens (tertiary/aromatic N) is 2. The first-order valence-electron chi connectivity index (χ1n) is 7.03. The van der Waals surface area contributed by atoms with E-state index in [1.165, 1.54) is 0 Å². The number of rotatable bonds is 5. The van der Waals surface area contributed by atoms with Crippen LogP contribution < -0.4 is 0 Å². The van der Waals surface area contributed by atoms with E-state index < -0.39 is 0 Å². The van der Waals surface area contributed by atoms with Gasteiger partial charge < -0.3 is 9.64 Å². The average Bonchev–Trinajstić information content (AvgIpc) is 2.43. The highest BCUT2D eigenvalue weighted by Gasteiger charge is 2.29. The molecule has 4 heteroatoms. The second-order valence-electron chi connectivity index (χ2n) is 5.47. The lowest BCUT2D eigenvalue weighted by molar-refractivity contribution is -0.137. The highest BCUT2D eigenvalue weighted by molar-refractivity contribution is 5.81. The number of ether oxygens (including phenoxy) is 1. The van der Waals surface area contributed by atoms with Crippen LogP contribution in [0, 0.1) is 12.3 Å². The Balaban J connectivity index is 2.42. The molecular weight excluding hydrogens is 240 g/mol. The SMILES string of the molecule is C#CCOC1CCN([C@H](C)C(=O)N(C)C(C)C)CC1. The van der Waals surface area contributed by atoms with Gasteiger partial charge in [0.05, 0.1) is 12.1 Å². The third-order valence-electron chi connectivity index (χ3n) is 3.91. The zero-order valence-electron chi connectivity index (χ0n) is 12.6. The van der Waals surface area contributed by atoms with Gasteiger partial charge in [-0.15, -0.1) is 6.42 Å². The van der Waals surface area contributed by atoms with Crippen LogP contribution in [0.4, 0.5) is 0 Å². The number of hydrogen-bond acceptors (Lipinski definition) is 3. The summed E-state index contributed by atoms with van der Waals surface area (Å²) in [5, 5.41) is 0. The van der Waals surface area contributed by atoms with Crippen LogP contribution in [0.15, 0.2) is 0 Å². The summed E-state index contributed by atoms with van der Waals surface area (Å²) in [6, 6.07) is 0.187. The minimum absolute atomic E-state index is 0.0546. The molecule has 0 saturated carbocycles. The lowest BCUT2D eigenvalue weighted by atomic mass is 10.1. The summed E-state index contributed by atoms with van der Waals surface area (Å²) in [5.74, 6) is 2.69. The normalized spacial score (nSPS) is 19.2. The van der Waals surface area contributed by atoms with Crippen molar-refractivity contribution in [3.63, 3.8) is 0 Å². The van der Waals surface area contributed by atoms with Gasteiger partial charge in [-0.2, -0.15) is 0 Å². The Morgan fingerprint density at radius 1 is 1.42 bits per heavy atom. The Morgan fingerprint density at radius 3 is 2.47 bits per heavy atom. The first-order valence-corrected chi connectivity index (χ1v) is 7.03. The van der Waals surface area contributed by atoms with Crippen molar-refractivity contribution in [2.75, 3.05) is 26.7 Å². The van der Waals surface area contributed by atoms with Crippen molar-refractivity contribution < 1.29 is 9.53 Å². The lowest BCUT2D eigenvalue weighted by Gasteiger charge is -2.37. The largest absolute Gasteiger partial charge is 0.365 e. The Bertz CT molecular complexity index is 328. The number of hydrogen-bond donors (Lipinski definition) is 0. The maximum absolute atomic E-state index is 12.3. The van der Waals surface area contributed by atoms with E-state index >= 15 is 0 Å². The molecule has 0 radical (unpaired) electrons. The zero-order valence-corrected chi connectivity index (χ0v) is 12.6. The fraction of sp³-hybridized carbons (Fsp3) is 0.800. The van der Waals surface area contributed by atoms with E-state index in [2.05, 4.69) is 10.8 Å². The molecule has 1 amide bonds. The lowest BCUT2D eigenvalue weighted by Crippen LogP contribution is -2.51. The van der Waals surface area contributed by atoms with Crippen LogP contribution in [-0.4, -0.2) is 60.6 Å². The van der Waals surface area contributed by atoms with E-state index in [0.717, 1.165) is 25.9 Å². The summed E-state index contributed by atoms with van der Waals surface area (Å²) in [6.45, 7) is 8.23. The molecule has 1 rings (SSSR count). The molecule has 1 aliphatic rings. The van der Waals surface area contributed by atoms with Crippen LogP contribution in [0.2, 0.25) is 0 Å². The van der Waals surface area contributed by atoms with Gasteiger partial charge in [-0.25, -0.2) is 0 Å². The fourth-order valence-corrected chi connectivity index (χ4v) is 2.30. The molecule has 0 aromatic heterocycles. The van der Waals surface area contributed by atoms with E-state index in [4.69, 9.17) is 11.2 Å². The first-order chi connectivity index (χ1) is 8.97. The Morgan fingerprint density at radius 2 is 2.00 bits per heavy atom. The summed E-state index contributed by atoms with van der Waals surface area (Å²) >= 11 is 0. The monoisotopic (exact) mass is 266 g/mol. The zero-order chi connectivity index (χ0) is 14.4. The third kappa shape index (κ3) is 4.52. The molecule has 1 saturated heterocycles. The molecule has 0 aromatic carbocycles. The molecule has 1 heterocycles. The molecule has 0 spiro atoms. The molecule has 0 unspecified atom stereocenters. The molecule has 19 heavy (non-hydrogen) atoms. The Labute approximate surface area is 117 Å². The fourth-order valence-electron chi connectivity index (χ4n) is 2.30. The van der Waals surface area contributed by atoms with Gasteiger partial charge in [0.25, 0.3) is 0 Å². The summed E-state index contributed by atoms with van der Waals surface area (Å²) in [6.07, 6.45) is 7.33. The summed E-state index contributed by atoms with van der Waals surface area (Å²) < 4.78 is 5.55. The van der Waals surface area contributed by atoms with Gasteiger partial charge in [0.1, 0.15) is 6.61 Å². The number of piperidine rings is 1. The molecule has 1 fully saturated rings. The van der Waals surface area contributed by atoms with Crippen molar-refractivity contribution in [3.05, 3.63) is 0 Å². The van der Waals surface area contributed by atoms with Gasteiger partial charge >= 0.3 is 0 Å². The quantitative estimate of drug-likeness (QED) is 0.704. The van der Waals surface area contributed by atoms with Gasteiger partial charge in [0, 0.05) is 26.2 Å². The number of terminal acetylenes is 1. The van der Waals surface area contributed by atoms with Crippen LogP contribution >= 0.6 is 0 Å². The molecule has 0 bridgehead atoms. The number of carbonyl (C=O) groups is 1. The number of carbonyl (C=O) groups excluding carboxylic acids is 1. The molecular formula is C15H26N2O2. The number of likely N-dealkylation sites (N-methyl/N-ethyl adjacent to an activating group) is 1. The van der Waals surface area contributed by atoms with Crippen molar-refractivity contribution in [1.29, 1.82) is 0 Å². The smallest absolute Gasteiger partial charge is 0.239 e. The standard InChI is InChI=1S/C15H26N2O2/c1-6-11-19-14-7-9-17(10-8-14)13(4)15(18)16(5)12(2)3/h1,12-14H,7-11H2,2-5H3/t13-/m1/s1. The predicted molar refractivity (Wildman–Crippen MR) is 76.7 cm³/mol. The molecule has 108 valence electrons. The van der Waals surface area contributed by atoms with E-state index in [1.807, 2.05) is 32.7 Å². The van der Waals surface area contributed by atoms with E-state index in [0.29, 0.717) is 6.61 Å². The minimum atomic E-state index is -0.0546. The van der Waals surface area contributed by atoms with E-state index in [-0.39, 0.29) is 24.1 Å². The third-order valence-corrected chi connectivity index (χ3v) is 3.91. The van der Waals surface area contributed by atoms with Gasteiger partial charge in [0.2, 0.25) is 5.91 Å². The Hall–Kier alpha value is -1.05. The van der Waals surface area contributed by atoms with Gasteiger partial charge in [0.15, 0.2) is 0 Å². The van der Waals surface area contributed by atoms with Crippen molar-refractivity contribution >= 4 is 5.91 Å². The van der Waals surface area contributed by atoms with Crippen molar-refractivity contribution in [1.82, 2.24) is 9.80 Å². The molecule has 0 aromatic rings. The highest BCUT2D eigenvalue weighted by atomic mass is 16.5. The van der Waals surface area contributed by atoms with Crippen molar-refractivity contribution in [2.45, 2.75) is 51.8 Å². The van der Waals surface area contributed by atoms with E-state index in [1.54, 1.807) is 0 Å². The molecule has 0 N–H and O–H groups in total. The first kappa shape index (κ1) is 16.0. The van der Waals surface area contributed by atoms with Crippen molar-refractivity contribution in [2.24, 2.45) is 0 Å². The minimum Gasteiger partial charge on any atom is -0.365 e. The summed E-state index contributed by atoms with van der Waals surface area (Å²) in [7, 11) is 1.87. The second kappa shape index (κ2) is 7.52. The van der Waals surface area contributed by atoms with Crippen LogP contribution in [-0.2, 0) is 9.53 Å².